The molecule has 0 radical (unpaired) electrons. The molecule has 0 unspecified atom stereocenters. The highest BCUT2D eigenvalue weighted by Gasteiger charge is 2.05. The maximum absolute atomic E-state index is 5.84. The molecule has 5 nitrogen and oxygen atoms in total. The standard InChI is InChI=1S/C9H13N5/c1-7-5-12-14(9(7)10)6-8-3-4-11-13(8)2/h3-5H,6,10H2,1-2H3. The maximum atomic E-state index is 5.84. The Hall–Kier alpha value is -1.78. The van der Waals surface area contributed by atoms with Crippen molar-refractivity contribution in [3.8, 4) is 0 Å². The molecule has 14 heavy (non-hydrogen) atoms. The quantitative estimate of drug-likeness (QED) is 0.754. The van der Waals surface area contributed by atoms with Gasteiger partial charge in [0.1, 0.15) is 5.82 Å². The summed E-state index contributed by atoms with van der Waals surface area (Å²) in [6.07, 6.45) is 3.54. The lowest BCUT2D eigenvalue weighted by Gasteiger charge is -2.04. The largest absolute Gasteiger partial charge is 0.384 e. The molecule has 0 amide bonds. The van der Waals surface area contributed by atoms with Gasteiger partial charge in [0.2, 0.25) is 0 Å². The fraction of sp³-hybridized carbons (Fsp3) is 0.333. The lowest BCUT2D eigenvalue weighted by atomic mass is 10.4. The van der Waals surface area contributed by atoms with Gasteiger partial charge in [0.25, 0.3) is 0 Å². The van der Waals surface area contributed by atoms with Gasteiger partial charge in [0, 0.05) is 18.8 Å². The Balaban J connectivity index is 2.27. The molecule has 5 heteroatoms. The fourth-order valence-corrected chi connectivity index (χ4v) is 1.32. The van der Waals surface area contributed by atoms with E-state index in [0.717, 1.165) is 11.3 Å². The van der Waals surface area contributed by atoms with Crippen LogP contribution in [0, 0.1) is 6.92 Å². The molecule has 0 aromatic carbocycles. The van der Waals surface area contributed by atoms with Crippen molar-refractivity contribution in [1.82, 2.24) is 19.6 Å². The molecule has 0 saturated carbocycles. The van der Waals surface area contributed by atoms with Crippen LogP contribution in [0.25, 0.3) is 0 Å². The normalized spacial score (nSPS) is 10.7. The molecule has 0 aliphatic heterocycles. The first kappa shape index (κ1) is 8.80. The highest BCUT2D eigenvalue weighted by atomic mass is 15.3. The highest BCUT2D eigenvalue weighted by Crippen LogP contribution is 2.10. The number of aryl methyl sites for hydroxylation is 2. The van der Waals surface area contributed by atoms with Gasteiger partial charge >= 0.3 is 0 Å². The van der Waals surface area contributed by atoms with E-state index in [1.165, 1.54) is 0 Å². The zero-order chi connectivity index (χ0) is 10.1. The number of nitrogen functional groups attached to an aromatic ring is 1. The van der Waals surface area contributed by atoms with Gasteiger partial charge in [-0.25, -0.2) is 4.68 Å². The first-order chi connectivity index (χ1) is 6.68. The van der Waals surface area contributed by atoms with Crippen LogP contribution in [0.4, 0.5) is 5.82 Å². The number of aromatic nitrogens is 4. The van der Waals surface area contributed by atoms with Crippen molar-refractivity contribution >= 4 is 5.82 Å². The zero-order valence-corrected chi connectivity index (χ0v) is 8.31. The number of nitrogens with two attached hydrogens (primary N) is 1. The molecule has 2 N–H and O–H groups in total. The molecule has 0 aliphatic rings. The van der Waals surface area contributed by atoms with Crippen LogP contribution in [0.5, 0.6) is 0 Å². The first-order valence-corrected chi connectivity index (χ1v) is 4.43. The van der Waals surface area contributed by atoms with E-state index in [-0.39, 0.29) is 0 Å². The number of hydrogen-bond acceptors (Lipinski definition) is 3. The summed E-state index contributed by atoms with van der Waals surface area (Å²) in [6, 6.07) is 1.95. The highest BCUT2D eigenvalue weighted by molar-refractivity contribution is 5.37. The van der Waals surface area contributed by atoms with Crippen LogP contribution in [0.1, 0.15) is 11.3 Å². The third-order valence-electron chi connectivity index (χ3n) is 2.31. The molecule has 0 bridgehead atoms. The van der Waals surface area contributed by atoms with Crippen molar-refractivity contribution in [1.29, 1.82) is 0 Å². The molecular weight excluding hydrogens is 178 g/mol. The van der Waals surface area contributed by atoms with Crippen LogP contribution in [0.3, 0.4) is 0 Å². The Morgan fingerprint density at radius 3 is 2.71 bits per heavy atom. The third-order valence-corrected chi connectivity index (χ3v) is 2.31. The van der Waals surface area contributed by atoms with Gasteiger partial charge < -0.3 is 5.73 Å². The van der Waals surface area contributed by atoms with E-state index in [9.17, 15) is 0 Å². The van der Waals surface area contributed by atoms with Crippen molar-refractivity contribution in [2.24, 2.45) is 7.05 Å². The molecule has 0 saturated heterocycles. The molecule has 74 valence electrons. The molecule has 0 fully saturated rings. The first-order valence-electron chi connectivity index (χ1n) is 4.43. The van der Waals surface area contributed by atoms with Crippen LogP contribution in [0.15, 0.2) is 18.5 Å². The maximum Gasteiger partial charge on any atom is 0.125 e. The van der Waals surface area contributed by atoms with Crippen LogP contribution >= 0.6 is 0 Å². The number of hydrogen-bond donors (Lipinski definition) is 1. The molecule has 2 rings (SSSR count). The van der Waals surface area contributed by atoms with Gasteiger partial charge in [0.05, 0.1) is 18.4 Å². The topological polar surface area (TPSA) is 61.7 Å². The fourth-order valence-electron chi connectivity index (χ4n) is 1.32. The number of rotatable bonds is 2. The number of nitrogens with zero attached hydrogens (tertiary/aromatic N) is 4. The van der Waals surface area contributed by atoms with Gasteiger partial charge in [-0.3, -0.25) is 4.68 Å². The van der Waals surface area contributed by atoms with E-state index >= 15 is 0 Å². The van der Waals surface area contributed by atoms with Crippen LogP contribution < -0.4 is 5.73 Å². The second kappa shape index (κ2) is 3.17. The van der Waals surface area contributed by atoms with E-state index in [0.29, 0.717) is 12.4 Å². The summed E-state index contributed by atoms with van der Waals surface area (Å²) in [5.74, 6) is 0.714. The Morgan fingerprint density at radius 1 is 1.43 bits per heavy atom. The summed E-state index contributed by atoms with van der Waals surface area (Å²) in [5.41, 5.74) is 7.93. The SMILES string of the molecule is Cc1cnn(Cc2ccnn2C)c1N. The second-order valence-corrected chi connectivity index (χ2v) is 3.32. The average Bonchev–Trinajstić information content (AvgIpc) is 2.68. The zero-order valence-electron chi connectivity index (χ0n) is 8.31. The van der Waals surface area contributed by atoms with E-state index < -0.39 is 0 Å². The van der Waals surface area contributed by atoms with E-state index in [4.69, 9.17) is 5.73 Å². The van der Waals surface area contributed by atoms with E-state index in [1.54, 1.807) is 17.1 Å². The van der Waals surface area contributed by atoms with Gasteiger partial charge in [-0.2, -0.15) is 10.2 Å². The monoisotopic (exact) mass is 191 g/mol. The summed E-state index contributed by atoms with van der Waals surface area (Å²) in [7, 11) is 1.90. The van der Waals surface area contributed by atoms with Gasteiger partial charge in [-0.15, -0.1) is 0 Å². The van der Waals surface area contributed by atoms with Crippen molar-refractivity contribution < 1.29 is 0 Å². The molecule has 0 spiro atoms. The van der Waals surface area contributed by atoms with Crippen molar-refractivity contribution in [2.45, 2.75) is 13.5 Å². The van der Waals surface area contributed by atoms with Crippen molar-refractivity contribution in [3.05, 3.63) is 29.7 Å². The Bertz CT molecular complexity index is 440. The Kier molecular flexibility index (Phi) is 1.99. The second-order valence-electron chi connectivity index (χ2n) is 3.32. The third kappa shape index (κ3) is 1.37. The van der Waals surface area contributed by atoms with Gasteiger partial charge in [-0.1, -0.05) is 0 Å². The molecule has 2 heterocycles. The van der Waals surface area contributed by atoms with Crippen LogP contribution in [0.2, 0.25) is 0 Å². The van der Waals surface area contributed by atoms with Gasteiger partial charge in [0.15, 0.2) is 0 Å². The van der Waals surface area contributed by atoms with E-state index in [1.807, 2.05) is 24.7 Å². The van der Waals surface area contributed by atoms with Crippen molar-refractivity contribution in [3.63, 3.8) is 0 Å². The summed E-state index contributed by atoms with van der Waals surface area (Å²) in [4.78, 5) is 0. The summed E-state index contributed by atoms with van der Waals surface area (Å²) in [5, 5.41) is 8.27. The predicted molar refractivity (Wildman–Crippen MR) is 53.7 cm³/mol. The van der Waals surface area contributed by atoms with Gasteiger partial charge in [-0.05, 0) is 13.0 Å². The summed E-state index contributed by atoms with van der Waals surface area (Å²) >= 11 is 0. The molecule has 2 aromatic rings. The Morgan fingerprint density at radius 2 is 2.21 bits per heavy atom. The van der Waals surface area contributed by atoms with Crippen LogP contribution in [-0.2, 0) is 13.6 Å². The minimum absolute atomic E-state index is 0.663. The average molecular weight is 191 g/mol. The number of anilines is 1. The minimum Gasteiger partial charge on any atom is -0.384 e. The molecule has 2 aromatic heterocycles. The lowest BCUT2D eigenvalue weighted by Crippen LogP contribution is -2.09. The predicted octanol–water partition coefficient (Wildman–Crippen LogP) is 0.556. The Labute approximate surface area is 82.1 Å². The molecule has 0 aliphatic carbocycles. The van der Waals surface area contributed by atoms with Crippen LogP contribution in [-0.4, -0.2) is 19.6 Å². The lowest BCUT2D eigenvalue weighted by molar-refractivity contribution is 0.626. The summed E-state index contributed by atoms with van der Waals surface area (Å²) < 4.78 is 3.59. The summed E-state index contributed by atoms with van der Waals surface area (Å²) in [6.45, 7) is 2.61. The van der Waals surface area contributed by atoms with E-state index in [2.05, 4.69) is 10.2 Å². The molecular formula is C9H13N5. The van der Waals surface area contributed by atoms with Crippen molar-refractivity contribution in [2.75, 3.05) is 5.73 Å². The smallest absolute Gasteiger partial charge is 0.125 e. The molecule has 0 atom stereocenters. The minimum atomic E-state index is 0.663.